The Morgan fingerprint density at radius 2 is 1.96 bits per heavy atom. The van der Waals surface area contributed by atoms with Crippen LogP contribution in [0.5, 0.6) is 0 Å². The number of allylic oxidation sites excluding steroid dienone is 2. The Morgan fingerprint density at radius 1 is 1.31 bits per heavy atom. The summed E-state index contributed by atoms with van der Waals surface area (Å²) >= 11 is 0. The van der Waals surface area contributed by atoms with Gasteiger partial charge < -0.3 is 14.9 Å². The van der Waals surface area contributed by atoms with Crippen molar-refractivity contribution in [3.63, 3.8) is 0 Å². The largest absolute Gasteiger partial charge is 0.462 e. The molecule has 2 aliphatic carbocycles. The summed E-state index contributed by atoms with van der Waals surface area (Å²) in [7, 11) is 0. The molecule has 2 aliphatic rings. The average Bonchev–Trinajstić information content (AvgIpc) is 2.52. The maximum atomic E-state index is 11.7. The number of carbonyl (C=O) groups is 1. The Morgan fingerprint density at radius 3 is 2.50 bits per heavy atom. The Labute approximate surface area is 158 Å². The minimum atomic E-state index is -0.930. The number of hydrogen-bond donors (Lipinski definition) is 2. The lowest BCUT2D eigenvalue weighted by molar-refractivity contribution is -0.232. The van der Waals surface area contributed by atoms with E-state index >= 15 is 0 Å². The molecule has 0 unspecified atom stereocenters. The summed E-state index contributed by atoms with van der Waals surface area (Å²) in [6.07, 6.45) is 6.31. The Kier molecular flexibility index (Phi) is 6.09. The summed E-state index contributed by atoms with van der Waals surface area (Å²) in [6.45, 7) is 15.5. The van der Waals surface area contributed by atoms with E-state index in [1.807, 2.05) is 6.92 Å². The molecule has 2 saturated carbocycles. The van der Waals surface area contributed by atoms with E-state index in [2.05, 4.69) is 27.0 Å². The zero-order valence-electron chi connectivity index (χ0n) is 16.9. The van der Waals surface area contributed by atoms with Crippen molar-refractivity contribution in [1.29, 1.82) is 0 Å². The second kappa shape index (κ2) is 7.47. The standard InChI is InChI=1S/C22H36O4/c1-7-15(2)9-10-18-21(5)12-8-11-20(4,14-23)19(21)17(26-16(3)24)13-22(18,6)25/h7,17-19,23,25H,1-2,8-14H2,3-6H3/t17-,18-,19-,20-,21+,22+/m1/s1. The van der Waals surface area contributed by atoms with E-state index in [1.54, 1.807) is 6.08 Å². The van der Waals surface area contributed by atoms with E-state index < -0.39 is 5.60 Å². The predicted molar refractivity (Wildman–Crippen MR) is 103 cm³/mol. The van der Waals surface area contributed by atoms with Crippen LogP contribution < -0.4 is 0 Å². The summed E-state index contributed by atoms with van der Waals surface area (Å²) in [6, 6.07) is 0. The smallest absolute Gasteiger partial charge is 0.302 e. The minimum absolute atomic E-state index is 0.0277. The number of ether oxygens (including phenoxy) is 1. The van der Waals surface area contributed by atoms with E-state index in [9.17, 15) is 15.0 Å². The molecule has 0 aromatic carbocycles. The van der Waals surface area contributed by atoms with Crippen molar-refractivity contribution >= 4 is 5.97 Å². The first-order valence-corrected chi connectivity index (χ1v) is 9.81. The molecule has 6 atom stereocenters. The number of hydrogen-bond acceptors (Lipinski definition) is 4. The molecule has 4 nitrogen and oxygen atoms in total. The molecule has 148 valence electrons. The highest BCUT2D eigenvalue weighted by atomic mass is 16.5. The predicted octanol–water partition coefficient (Wildman–Crippen LogP) is 4.02. The molecule has 0 heterocycles. The summed E-state index contributed by atoms with van der Waals surface area (Å²) in [4.78, 5) is 11.7. The van der Waals surface area contributed by atoms with Crippen LogP contribution in [0.1, 0.15) is 66.2 Å². The van der Waals surface area contributed by atoms with E-state index in [4.69, 9.17) is 4.74 Å². The molecule has 0 amide bonds. The first kappa shape index (κ1) is 21.2. The number of esters is 1. The first-order chi connectivity index (χ1) is 12.0. The molecule has 0 saturated heterocycles. The topological polar surface area (TPSA) is 66.8 Å². The molecule has 2 fully saturated rings. The van der Waals surface area contributed by atoms with E-state index in [0.29, 0.717) is 6.42 Å². The first-order valence-electron chi connectivity index (χ1n) is 9.81. The fraction of sp³-hybridized carbons (Fsp3) is 0.773. The van der Waals surface area contributed by atoms with Crippen molar-refractivity contribution in [2.24, 2.45) is 22.7 Å². The third-order valence-corrected chi connectivity index (χ3v) is 7.18. The van der Waals surface area contributed by atoms with E-state index in [1.165, 1.54) is 6.92 Å². The Bertz CT molecular complexity index is 566. The quantitative estimate of drug-likeness (QED) is 0.552. The van der Waals surface area contributed by atoms with Crippen LogP contribution in [0, 0.1) is 22.7 Å². The van der Waals surface area contributed by atoms with Crippen LogP contribution in [0.25, 0.3) is 0 Å². The average molecular weight is 365 g/mol. The van der Waals surface area contributed by atoms with Gasteiger partial charge in [-0.05, 0) is 49.4 Å². The van der Waals surface area contributed by atoms with E-state index in [0.717, 1.165) is 37.7 Å². The highest BCUT2D eigenvalue weighted by molar-refractivity contribution is 5.66. The second-order valence-corrected chi connectivity index (χ2v) is 9.31. The normalized spacial score (nSPS) is 42.6. The molecule has 0 bridgehead atoms. The zero-order valence-corrected chi connectivity index (χ0v) is 16.9. The zero-order chi connectivity index (χ0) is 19.8. The number of carbonyl (C=O) groups excluding carboxylic acids is 1. The van der Waals surface area contributed by atoms with Crippen molar-refractivity contribution in [3.8, 4) is 0 Å². The SMILES string of the molecule is C=CC(=C)CC[C@@H]1[C@]2(C)CCC[C@](C)(CO)[C@H]2[C@H](OC(C)=O)C[C@]1(C)O. The van der Waals surface area contributed by atoms with Crippen LogP contribution in [0.15, 0.2) is 24.8 Å². The van der Waals surface area contributed by atoms with E-state index in [-0.39, 0.29) is 41.3 Å². The molecule has 2 N–H and O–H groups in total. The number of aliphatic hydroxyl groups is 2. The van der Waals surface area contributed by atoms with Gasteiger partial charge in [0, 0.05) is 25.9 Å². The van der Waals surface area contributed by atoms with Crippen LogP contribution in [-0.4, -0.2) is 34.5 Å². The van der Waals surface area contributed by atoms with Crippen LogP contribution in [0.4, 0.5) is 0 Å². The van der Waals surface area contributed by atoms with Crippen molar-refractivity contribution in [1.82, 2.24) is 0 Å². The van der Waals surface area contributed by atoms with Crippen LogP contribution in [0.3, 0.4) is 0 Å². The fourth-order valence-electron chi connectivity index (χ4n) is 6.20. The summed E-state index contributed by atoms with van der Waals surface area (Å²) in [5.41, 5.74) is -0.472. The summed E-state index contributed by atoms with van der Waals surface area (Å²) in [5.74, 6) is -0.243. The molecule has 0 spiro atoms. The number of fused-ring (bicyclic) bond motifs is 1. The molecule has 2 rings (SSSR count). The molecule has 0 aliphatic heterocycles. The molecular weight excluding hydrogens is 328 g/mol. The van der Waals surface area contributed by atoms with Crippen molar-refractivity contribution in [2.75, 3.05) is 6.61 Å². The molecule has 26 heavy (non-hydrogen) atoms. The van der Waals surface area contributed by atoms with Gasteiger partial charge in [-0.25, -0.2) is 0 Å². The van der Waals surface area contributed by atoms with Gasteiger partial charge in [-0.1, -0.05) is 45.1 Å². The molecular formula is C22H36O4. The third-order valence-electron chi connectivity index (χ3n) is 7.18. The highest BCUT2D eigenvalue weighted by Crippen LogP contribution is 2.63. The Hall–Kier alpha value is -1.13. The van der Waals surface area contributed by atoms with Gasteiger partial charge in [0.15, 0.2) is 0 Å². The monoisotopic (exact) mass is 364 g/mol. The molecule has 0 aromatic heterocycles. The lowest BCUT2D eigenvalue weighted by Crippen LogP contribution is -2.64. The molecule has 4 heteroatoms. The summed E-state index contributed by atoms with van der Waals surface area (Å²) in [5, 5.41) is 21.5. The lowest BCUT2D eigenvalue weighted by Gasteiger charge is -2.63. The van der Waals surface area contributed by atoms with Crippen LogP contribution in [0.2, 0.25) is 0 Å². The number of aliphatic hydroxyl groups excluding tert-OH is 1. The van der Waals surface area contributed by atoms with Gasteiger partial charge in [0.05, 0.1) is 5.60 Å². The van der Waals surface area contributed by atoms with Crippen molar-refractivity contribution in [2.45, 2.75) is 77.9 Å². The summed E-state index contributed by atoms with van der Waals surface area (Å²) < 4.78 is 5.71. The van der Waals surface area contributed by atoms with Gasteiger partial charge in [-0.3, -0.25) is 4.79 Å². The highest BCUT2D eigenvalue weighted by Gasteiger charge is 2.63. The second-order valence-electron chi connectivity index (χ2n) is 9.31. The minimum Gasteiger partial charge on any atom is -0.462 e. The van der Waals surface area contributed by atoms with Crippen LogP contribution in [-0.2, 0) is 9.53 Å². The fourth-order valence-corrected chi connectivity index (χ4v) is 6.20. The number of rotatable bonds is 6. The lowest BCUT2D eigenvalue weighted by atomic mass is 9.44. The third kappa shape index (κ3) is 3.77. The van der Waals surface area contributed by atoms with Gasteiger partial charge in [0.2, 0.25) is 0 Å². The maximum Gasteiger partial charge on any atom is 0.302 e. The van der Waals surface area contributed by atoms with Gasteiger partial charge >= 0.3 is 5.97 Å². The molecule has 0 aromatic rings. The molecule has 0 radical (unpaired) electrons. The van der Waals surface area contributed by atoms with Gasteiger partial charge in [-0.2, -0.15) is 0 Å². The van der Waals surface area contributed by atoms with Gasteiger partial charge in [-0.15, -0.1) is 0 Å². The van der Waals surface area contributed by atoms with Gasteiger partial charge in [0.1, 0.15) is 6.10 Å². The van der Waals surface area contributed by atoms with Crippen molar-refractivity contribution in [3.05, 3.63) is 24.8 Å². The maximum absolute atomic E-state index is 11.7. The Balaban J connectivity index is 2.46. The van der Waals surface area contributed by atoms with Crippen molar-refractivity contribution < 1.29 is 19.7 Å². The van der Waals surface area contributed by atoms with Gasteiger partial charge in [0.25, 0.3) is 0 Å². The van der Waals surface area contributed by atoms with Crippen LogP contribution >= 0.6 is 0 Å².